The molecule has 1 heterocycles. The molecule has 1 aliphatic rings. The molecule has 0 bridgehead atoms. The Morgan fingerprint density at radius 2 is 2.04 bits per heavy atom. The molecule has 0 saturated carbocycles. The summed E-state index contributed by atoms with van der Waals surface area (Å²) in [7, 11) is 1.67. The Labute approximate surface area is 139 Å². The molecule has 128 valence electrons. The van der Waals surface area contributed by atoms with Gasteiger partial charge in [0.05, 0.1) is 19.8 Å². The highest BCUT2D eigenvalue weighted by Gasteiger charge is 2.20. The van der Waals surface area contributed by atoms with E-state index in [1.165, 1.54) is 0 Å². The molecular weight excluding hydrogens is 292 g/mol. The third-order valence-electron chi connectivity index (χ3n) is 3.85. The fourth-order valence-electron chi connectivity index (χ4n) is 2.66. The normalized spacial score (nSPS) is 22.0. The van der Waals surface area contributed by atoms with Crippen molar-refractivity contribution in [2.75, 3.05) is 20.3 Å². The second kappa shape index (κ2) is 9.71. The molecule has 0 radical (unpaired) electrons. The van der Waals surface area contributed by atoms with Gasteiger partial charge < -0.3 is 18.9 Å². The van der Waals surface area contributed by atoms with Crippen LogP contribution in [0.25, 0.3) is 0 Å². The molecule has 2 rings (SSSR count). The first-order valence-corrected chi connectivity index (χ1v) is 8.35. The van der Waals surface area contributed by atoms with Gasteiger partial charge in [-0.25, -0.2) is 0 Å². The van der Waals surface area contributed by atoms with E-state index >= 15 is 0 Å². The topological polar surface area (TPSA) is 36.9 Å². The fraction of sp³-hybridized carbons (Fsp3) is 0.579. The minimum Gasteiger partial charge on any atom is -0.497 e. The van der Waals surface area contributed by atoms with E-state index in [1.807, 2.05) is 37.3 Å². The summed E-state index contributed by atoms with van der Waals surface area (Å²) in [5, 5.41) is 0. The monoisotopic (exact) mass is 320 g/mol. The SMILES string of the molecule is CCOC1C=CC[C@@H](C[C@H](C)COCc2ccc(OC)cc2)O1. The van der Waals surface area contributed by atoms with E-state index in [0.717, 1.165) is 30.8 Å². The second-order valence-electron chi connectivity index (χ2n) is 5.95. The first kappa shape index (κ1) is 18.0. The molecule has 1 aliphatic heterocycles. The molecule has 3 atom stereocenters. The number of benzene rings is 1. The van der Waals surface area contributed by atoms with Gasteiger partial charge in [-0.3, -0.25) is 0 Å². The predicted octanol–water partition coefficient (Wildman–Crippen LogP) is 3.95. The van der Waals surface area contributed by atoms with Crippen LogP contribution < -0.4 is 4.74 Å². The second-order valence-corrected chi connectivity index (χ2v) is 5.95. The molecule has 23 heavy (non-hydrogen) atoms. The molecule has 0 aliphatic carbocycles. The molecule has 1 unspecified atom stereocenters. The predicted molar refractivity (Wildman–Crippen MR) is 90.5 cm³/mol. The van der Waals surface area contributed by atoms with Crippen LogP contribution in [0.2, 0.25) is 0 Å². The van der Waals surface area contributed by atoms with Crippen LogP contribution >= 0.6 is 0 Å². The molecule has 4 heteroatoms. The maximum Gasteiger partial charge on any atom is 0.177 e. The molecular formula is C19H28O4. The van der Waals surface area contributed by atoms with E-state index in [0.29, 0.717) is 19.1 Å². The standard InChI is InChI=1S/C19H28O4/c1-4-22-19-7-5-6-18(23-19)12-15(2)13-21-14-16-8-10-17(20-3)11-9-16/h5,7-11,15,18-19H,4,6,12-14H2,1-3H3/t15-,18-,19?/m0/s1. The zero-order chi connectivity index (χ0) is 16.5. The molecule has 0 spiro atoms. The lowest BCUT2D eigenvalue weighted by atomic mass is 10.0. The van der Waals surface area contributed by atoms with Crippen LogP contribution in [0.1, 0.15) is 32.3 Å². The zero-order valence-corrected chi connectivity index (χ0v) is 14.4. The molecule has 0 saturated heterocycles. The minimum atomic E-state index is -0.189. The van der Waals surface area contributed by atoms with Gasteiger partial charge in [0.1, 0.15) is 5.75 Å². The quantitative estimate of drug-likeness (QED) is 0.646. The van der Waals surface area contributed by atoms with E-state index in [4.69, 9.17) is 18.9 Å². The highest BCUT2D eigenvalue weighted by molar-refractivity contribution is 5.26. The van der Waals surface area contributed by atoms with Crippen molar-refractivity contribution in [3.05, 3.63) is 42.0 Å². The van der Waals surface area contributed by atoms with Crippen molar-refractivity contribution >= 4 is 0 Å². The van der Waals surface area contributed by atoms with Crippen molar-refractivity contribution in [2.45, 2.75) is 45.7 Å². The van der Waals surface area contributed by atoms with Crippen LogP contribution in [0, 0.1) is 5.92 Å². The van der Waals surface area contributed by atoms with Crippen LogP contribution in [0.5, 0.6) is 5.75 Å². The van der Waals surface area contributed by atoms with Gasteiger partial charge >= 0.3 is 0 Å². The first-order chi connectivity index (χ1) is 11.2. The fourth-order valence-corrected chi connectivity index (χ4v) is 2.66. The highest BCUT2D eigenvalue weighted by Crippen LogP contribution is 2.20. The lowest BCUT2D eigenvalue weighted by Gasteiger charge is -2.27. The Morgan fingerprint density at radius 1 is 1.26 bits per heavy atom. The van der Waals surface area contributed by atoms with Crippen LogP contribution in [-0.2, 0) is 20.8 Å². The lowest BCUT2D eigenvalue weighted by Crippen LogP contribution is -2.28. The Hall–Kier alpha value is -1.36. The number of hydrogen-bond acceptors (Lipinski definition) is 4. The Kier molecular flexibility index (Phi) is 7.59. The van der Waals surface area contributed by atoms with Gasteiger partial charge in [-0.15, -0.1) is 0 Å². The van der Waals surface area contributed by atoms with E-state index in [-0.39, 0.29) is 12.4 Å². The molecule has 1 aromatic rings. The maximum atomic E-state index is 5.91. The summed E-state index contributed by atoms with van der Waals surface area (Å²) in [6.45, 7) is 6.21. The average Bonchev–Trinajstić information content (AvgIpc) is 2.56. The molecule has 0 amide bonds. The van der Waals surface area contributed by atoms with Crippen LogP contribution in [0.4, 0.5) is 0 Å². The van der Waals surface area contributed by atoms with Crippen LogP contribution in [0.15, 0.2) is 36.4 Å². The summed E-state index contributed by atoms with van der Waals surface area (Å²) in [5.74, 6) is 1.32. The summed E-state index contributed by atoms with van der Waals surface area (Å²) in [6, 6.07) is 7.98. The van der Waals surface area contributed by atoms with E-state index in [9.17, 15) is 0 Å². The number of hydrogen-bond donors (Lipinski definition) is 0. The van der Waals surface area contributed by atoms with Crippen LogP contribution in [0.3, 0.4) is 0 Å². The Balaban J connectivity index is 1.66. The van der Waals surface area contributed by atoms with Crippen molar-refractivity contribution < 1.29 is 18.9 Å². The van der Waals surface area contributed by atoms with Crippen molar-refractivity contribution in [1.82, 2.24) is 0 Å². The van der Waals surface area contributed by atoms with Crippen molar-refractivity contribution in [3.63, 3.8) is 0 Å². The summed E-state index contributed by atoms with van der Waals surface area (Å²) < 4.78 is 22.4. The van der Waals surface area contributed by atoms with Gasteiger partial charge in [0, 0.05) is 13.2 Å². The highest BCUT2D eigenvalue weighted by atomic mass is 16.7. The lowest BCUT2D eigenvalue weighted by molar-refractivity contribution is -0.150. The van der Waals surface area contributed by atoms with E-state index in [1.54, 1.807) is 7.11 Å². The summed E-state index contributed by atoms with van der Waals surface area (Å²) in [4.78, 5) is 0. The number of ether oxygens (including phenoxy) is 4. The van der Waals surface area contributed by atoms with Gasteiger partial charge in [-0.2, -0.15) is 0 Å². The van der Waals surface area contributed by atoms with Gasteiger partial charge in [0.15, 0.2) is 6.29 Å². The third kappa shape index (κ3) is 6.34. The van der Waals surface area contributed by atoms with E-state index in [2.05, 4.69) is 13.0 Å². The Bertz CT molecular complexity index is 469. The Morgan fingerprint density at radius 3 is 2.74 bits per heavy atom. The van der Waals surface area contributed by atoms with E-state index < -0.39 is 0 Å². The average molecular weight is 320 g/mol. The smallest absolute Gasteiger partial charge is 0.177 e. The third-order valence-corrected chi connectivity index (χ3v) is 3.85. The molecule has 0 fully saturated rings. The largest absolute Gasteiger partial charge is 0.497 e. The number of methoxy groups -OCH3 is 1. The van der Waals surface area contributed by atoms with Gasteiger partial charge in [-0.05, 0) is 49.5 Å². The maximum absolute atomic E-state index is 5.91. The summed E-state index contributed by atoms with van der Waals surface area (Å²) in [6.07, 6.45) is 6.11. The minimum absolute atomic E-state index is 0.189. The molecule has 4 nitrogen and oxygen atoms in total. The molecule has 1 aromatic carbocycles. The molecule has 0 N–H and O–H groups in total. The van der Waals surface area contributed by atoms with Crippen molar-refractivity contribution in [3.8, 4) is 5.75 Å². The van der Waals surface area contributed by atoms with Gasteiger partial charge in [0.25, 0.3) is 0 Å². The van der Waals surface area contributed by atoms with Crippen molar-refractivity contribution in [2.24, 2.45) is 5.92 Å². The van der Waals surface area contributed by atoms with Crippen molar-refractivity contribution in [1.29, 1.82) is 0 Å². The zero-order valence-electron chi connectivity index (χ0n) is 14.4. The van der Waals surface area contributed by atoms with Crippen LogP contribution in [-0.4, -0.2) is 32.7 Å². The molecule has 0 aromatic heterocycles. The van der Waals surface area contributed by atoms with Gasteiger partial charge in [0.2, 0.25) is 0 Å². The summed E-state index contributed by atoms with van der Waals surface area (Å²) >= 11 is 0. The van der Waals surface area contributed by atoms with Gasteiger partial charge in [-0.1, -0.05) is 25.1 Å². The first-order valence-electron chi connectivity index (χ1n) is 8.35. The summed E-state index contributed by atoms with van der Waals surface area (Å²) in [5.41, 5.74) is 1.16. The number of rotatable bonds is 9.